The van der Waals surface area contributed by atoms with E-state index < -0.39 is 11.6 Å². The van der Waals surface area contributed by atoms with Gasteiger partial charge in [-0.3, -0.25) is 19.1 Å². The number of carboxylic acid groups (broad SMARTS) is 1. The van der Waals surface area contributed by atoms with Crippen LogP contribution in [0.5, 0.6) is 0 Å². The van der Waals surface area contributed by atoms with E-state index in [9.17, 15) is 20.0 Å². The fraction of sp³-hybridized carbons (Fsp3) is 0.241. The molecule has 2 N–H and O–H groups in total. The number of nitriles is 1. The molecule has 0 bridgehead atoms. The average molecular weight is 571 g/mol. The average Bonchev–Trinajstić information content (AvgIpc) is 3.48. The van der Waals surface area contributed by atoms with Gasteiger partial charge in [-0.15, -0.1) is 0 Å². The molecular weight excluding hydrogens is 544 g/mol. The van der Waals surface area contributed by atoms with Gasteiger partial charge in [-0.2, -0.15) is 20.6 Å². The van der Waals surface area contributed by atoms with E-state index >= 15 is 0 Å². The molecule has 0 aliphatic carbocycles. The molecule has 2 aromatic carbocycles. The molecular formula is C29H27ClN8O3. The van der Waals surface area contributed by atoms with Gasteiger partial charge in [0.2, 0.25) is 0 Å². The van der Waals surface area contributed by atoms with Crippen LogP contribution in [0.25, 0.3) is 33.2 Å². The zero-order valence-electron chi connectivity index (χ0n) is 22.9. The number of hydrogen-bond acceptors (Lipinski definition) is 6. The third-order valence-electron chi connectivity index (χ3n) is 6.91. The quantitative estimate of drug-likeness (QED) is 0.291. The summed E-state index contributed by atoms with van der Waals surface area (Å²) in [5.74, 6) is 0. The van der Waals surface area contributed by atoms with Gasteiger partial charge in [-0.25, -0.2) is 9.89 Å². The summed E-state index contributed by atoms with van der Waals surface area (Å²) in [6.45, 7) is 5.73. The van der Waals surface area contributed by atoms with Crippen molar-refractivity contribution in [2.45, 2.75) is 39.4 Å². The van der Waals surface area contributed by atoms with E-state index in [0.717, 1.165) is 16.7 Å². The fourth-order valence-electron chi connectivity index (χ4n) is 4.80. The molecule has 3 aromatic heterocycles. The number of aromatic nitrogens is 6. The molecule has 0 fully saturated rings. The molecule has 0 spiro atoms. The third kappa shape index (κ3) is 5.29. The molecule has 1 amide bonds. The van der Waals surface area contributed by atoms with E-state index in [0.29, 0.717) is 39.8 Å². The van der Waals surface area contributed by atoms with E-state index in [1.165, 1.54) is 4.90 Å². The number of halogens is 1. The van der Waals surface area contributed by atoms with Crippen LogP contribution in [0.2, 0.25) is 5.15 Å². The second-order valence-electron chi connectivity index (χ2n) is 10.6. The van der Waals surface area contributed by atoms with Crippen LogP contribution in [0.4, 0.5) is 4.79 Å². The summed E-state index contributed by atoms with van der Waals surface area (Å²) in [5.41, 5.74) is 3.57. The molecule has 11 nitrogen and oxygen atoms in total. The van der Waals surface area contributed by atoms with E-state index in [1.807, 2.05) is 36.5 Å². The monoisotopic (exact) mass is 570 g/mol. The van der Waals surface area contributed by atoms with Gasteiger partial charge in [-0.1, -0.05) is 35.9 Å². The molecule has 0 unspecified atom stereocenters. The van der Waals surface area contributed by atoms with Crippen LogP contribution >= 0.6 is 11.6 Å². The summed E-state index contributed by atoms with van der Waals surface area (Å²) in [6, 6.07) is 14.8. The largest absolute Gasteiger partial charge is 0.465 e. The Morgan fingerprint density at radius 1 is 1.17 bits per heavy atom. The van der Waals surface area contributed by atoms with Crippen molar-refractivity contribution in [3.63, 3.8) is 0 Å². The highest BCUT2D eigenvalue weighted by Gasteiger charge is 2.28. The van der Waals surface area contributed by atoms with Crippen molar-refractivity contribution < 1.29 is 9.90 Å². The van der Waals surface area contributed by atoms with Crippen LogP contribution in [0, 0.1) is 11.3 Å². The summed E-state index contributed by atoms with van der Waals surface area (Å²) >= 11 is 6.62. The number of aryl methyl sites for hydroxylation is 1. The predicted octanol–water partition coefficient (Wildman–Crippen LogP) is 5.04. The molecule has 3 heterocycles. The topological polar surface area (TPSA) is 146 Å². The van der Waals surface area contributed by atoms with E-state index in [-0.39, 0.29) is 17.3 Å². The zero-order chi connectivity index (χ0) is 29.5. The number of nitrogens with one attached hydrogen (secondary N) is 1. The van der Waals surface area contributed by atoms with Crippen molar-refractivity contribution in [3.05, 3.63) is 87.2 Å². The van der Waals surface area contributed by atoms with Gasteiger partial charge in [-0.05, 0) is 50.1 Å². The maximum atomic E-state index is 12.6. The molecule has 5 aromatic rings. The number of rotatable bonds is 6. The van der Waals surface area contributed by atoms with Crippen molar-refractivity contribution in [1.82, 2.24) is 34.7 Å². The maximum Gasteiger partial charge on any atom is 0.408 e. The minimum atomic E-state index is -1.09. The molecule has 0 saturated carbocycles. The van der Waals surface area contributed by atoms with Crippen LogP contribution in [-0.4, -0.2) is 51.4 Å². The summed E-state index contributed by atoms with van der Waals surface area (Å²) in [7, 11) is 1.80. The van der Waals surface area contributed by atoms with Crippen LogP contribution in [-0.2, 0) is 20.1 Å². The highest BCUT2D eigenvalue weighted by atomic mass is 35.5. The Bertz CT molecular complexity index is 1890. The Balaban J connectivity index is 1.59. The van der Waals surface area contributed by atoms with Gasteiger partial charge in [0.1, 0.15) is 0 Å². The first-order valence-electron chi connectivity index (χ1n) is 12.7. The minimum absolute atomic E-state index is 0.0156. The van der Waals surface area contributed by atoms with Crippen molar-refractivity contribution in [1.29, 1.82) is 5.26 Å². The minimum Gasteiger partial charge on any atom is -0.465 e. The summed E-state index contributed by atoms with van der Waals surface area (Å²) in [4.78, 5) is 25.9. The smallest absolute Gasteiger partial charge is 0.408 e. The Morgan fingerprint density at radius 2 is 1.93 bits per heavy atom. The van der Waals surface area contributed by atoms with Crippen molar-refractivity contribution in [2.24, 2.45) is 7.05 Å². The van der Waals surface area contributed by atoms with E-state index in [1.54, 1.807) is 55.5 Å². The fourth-order valence-corrected chi connectivity index (χ4v) is 5.03. The van der Waals surface area contributed by atoms with Gasteiger partial charge in [0, 0.05) is 29.7 Å². The van der Waals surface area contributed by atoms with E-state index in [4.69, 9.17) is 11.6 Å². The van der Waals surface area contributed by atoms with Crippen LogP contribution in [0.15, 0.2) is 59.7 Å². The number of aromatic amines is 1. The Kier molecular flexibility index (Phi) is 7.11. The Hall–Kier alpha value is -4.95. The molecule has 0 atom stereocenters. The zero-order valence-corrected chi connectivity index (χ0v) is 23.6. The lowest BCUT2D eigenvalue weighted by Gasteiger charge is -2.33. The lowest BCUT2D eigenvalue weighted by Crippen LogP contribution is -2.44. The van der Waals surface area contributed by atoms with Gasteiger partial charge in [0.25, 0.3) is 5.56 Å². The van der Waals surface area contributed by atoms with Gasteiger partial charge >= 0.3 is 6.09 Å². The van der Waals surface area contributed by atoms with Gasteiger partial charge in [0.15, 0.2) is 5.15 Å². The van der Waals surface area contributed by atoms with Crippen molar-refractivity contribution in [3.8, 4) is 28.5 Å². The highest BCUT2D eigenvalue weighted by Crippen LogP contribution is 2.36. The second-order valence-corrected chi connectivity index (χ2v) is 11.0. The molecule has 0 radical (unpaired) electrons. The third-order valence-corrected chi connectivity index (χ3v) is 7.19. The number of nitrogens with zero attached hydrogens (tertiary/aromatic N) is 7. The Morgan fingerprint density at radius 3 is 2.63 bits per heavy atom. The molecule has 0 aliphatic rings. The number of amides is 1. The van der Waals surface area contributed by atoms with Gasteiger partial charge < -0.3 is 5.11 Å². The number of hydrogen-bond donors (Lipinski definition) is 2. The first-order chi connectivity index (χ1) is 19.5. The number of H-pyrrole nitrogens is 1. The molecule has 208 valence electrons. The maximum absolute atomic E-state index is 12.6. The lowest BCUT2D eigenvalue weighted by atomic mass is 9.99. The molecule has 12 heteroatoms. The predicted molar refractivity (Wildman–Crippen MR) is 154 cm³/mol. The first kappa shape index (κ1) is 27.6. The molecule has 5 rings (SSSR count). The molecule has 0 aliphatic heterocycles. The number of carbonyl (C=O) groups is 1. The standard InChI is InChI=1S/C29H27ClN8O3/c1-29(2,3)38(28(40)41)16-24-21-11-17(9-10-20(21)27(39)34-33-24)22-13-32-36(4)25(22)23-15-37(35-26(23)30)14-19-8-6-5-7-18(19)12-31/h5-11,13,15H,14,16H2,1-4H3,(H,34,39)(H,40,41). The Labute approximate surface area is 240 Å². The summed E-state index contributed by atoms with van der Waals surface area (Å²) in [6.07, 6.45) is 2.42. The second kappa shape index (κ2) is 10.6. The van der Waals surface area contributed by atoms with Crippen LogP contribution in [0.3, 0.4) is 0 Å². The van der Waals surface area contributed by atoms with Crippen LogP contribution < -0.4 is 5.56 Å². The first-order valence-corrected chi connectivity index (χ1v) is 13.1. The van der Waals surface area contributed by atoms with Gasteiger partial charge in [0.05, 0.1) is 53.3 Å². The normalized spacial score (nSPS) is 11.5. The summed E-state index contributed by atoms with van der Waals surface area (Å²) < 4.78 is 3.37. The highest BCUT2D eigenvalue weighted by molar-refractivity contribution is 6.32. The number of fused-ring (bicyclic) bond motifs is 1. The summed E-state index contributed by atoms with van der Waals surface area (Å²) in [5, 5.41) is 36.1. The SMILES string of the molecule is Cn1ncc(-c2ccc3c(=O)[nH]nc(CN(C(=O)O)C(C)(C)C)c3c2)c1-c1cn(Cc2ccccc2C#N)nc1Cl. The molecule has 0 saturated heterocycles. The van der Waals surface area contributed by atoms with Crippen LogP contribution in [0.1, 0.15) is 37.6 Å². The van der Waals surface area contributed by atoms with Crippen molar-refractivity contribution in [2.75, 3.05) is 0 Å². The number of benzene rings is 2. The van der Waals surface area contributed by atoms with Crippen molar-refractivity contribution >= 4 is 28.5 Å². The van der Waals surface area contributed by atoms with E-state index in [2.05, 4.69) is 26.5 Å². The molecule has 41 heavy (non-hydrogen) atoms. The lowest BCUT2D eigenvalue weighted by molar-refractivity contribution is 0.0948.